The van der Waals surface area contributed by atoms with Crippen molar-refractivity contribution in [2.45, 2.75) is 38.5 Å². The Kier molecular flexibility index (Phi) is 7.32. The Morgan fingerprint density at radius 1 is 1.00 bits per heavy atom. The lowest BCUT2D eigenvalue weighted by Gasteiger charge is -2.18. The summed E-state index contributed by atoms with van der Waals surface area (Å²) in [6, 6.07) is 11.6. The standard InChI is InChI=1S/C23H27N3O5S/c1-4-16-10-11-20-18(15-31-21(20)12-16)14-22(27)24-25-23(28)17-8-7-9-19(13-17)32(29,30)26(5-2)6-3/h7-13,15H,4-6,14H2,1-3H3,(H,24,27)(H,25,28). The molecule has 2 amide bonds. The molecule has 0 fully saturated rings. The average Bonchev–Trinajstić information content (AvgIpc) is 3.19. The zero-order valence-corrected chi connectivity index (χ0v) is 19.2. The van der Waals surface area contributed by atoms with Gasteiger partial charge in [-0.15, -0.1) is 0 Å². The van der Waals surface area contributed by atoms with Crippen LogP contribution in [0.3, 0.4) is 0 Å². The molecule has 0 atom stereocenters. The Balaban J connectivity index is 1.65. The fraction of sp³-hybridized carbons (Fsp3) is 0.304. The predicted molar refractivity (Wildman–Crippen MR) is 121 cm³/mol. The summed E-state index contributed by atoms with van der Waals surface area (Å²) in [5.74, 6) is -1.04. The molecule has 3 rings (SSSR count). The molecule has 8 nitrogen and oxygen atoms in total. The Labute approximate surface area is 187 Å². The molecule has 3 aromatic rings. The van der Waals surface area contributed by atoms with E-state index in [1.54, 1.807) is 13.8 Å². The van der Waals surface area contributed by atoms with E-state index in [0.29, 0.717) is 24.2 Å². The molecule has 32 heavy (non-hydrogen) atoms. The number of carbonyl (C=O) groups excluding carboxylic acids is 2. The lowest BCUT2D eigenvalue weighted by Crippen LogP contribution is -2.42. The molecule has 0 saturated heterocycles. The third-order valence-corrected chi connectivity index (χ3v) is 7.28. The van der Waals surface area contributed by atoms with E-state index >= 15 is 0 Å². The monoisotopic (exact) mass is 457 g/mol. The summed E-state index contributed by atoms with van der Waals surface area (Å²) in [7, 11) is -3.69. The van der Waals surface area contributed by atoms with Crippen molar-refractivity contribution in [3.8, 4) is 0 Å². The van der Waals surface area contributed by atoms with E-state index in [4.69, 9.17) is 4.42 Å². The molecule has 0 bridgehead atoms. The van der Waals surface area contributed by atoms with Gasteiger partial charge in [0.05, 0.1) is 17.6 Å². The second-order valence-corrected chi connectivity index (χ2v) is 9.18. The van der Waals surface area contributed by atoms with Gasteiger partial charge < -0.3 is 4.42 Å². The van der Waals surface area contributed by atoms with Crippen LogP contribution in [0.2, 0.25) is 0 Å². The SMILES string of the molecule is CCc1ccc2c(CC(=O)NNC(=O)c3cccc(S(=O)(=O)N(CC)CC)c3)coc2c1. The maximum absolute atomic E-state index is 12.7. The van der Waals surface area contributed by atoms with E-state index in [1.165, 1.54) is 34.8 Å². The molecule has 2 aromatic carbocycles. The largest absolute Gasteiger partial charge is 0.464 e. The van der Waals surface area contributed by atoms with E-state index in [2.05, 4.69) is 17.8 Å². The molecule has 9 heteroatoms. The summed E-state index contributed by atoms with van der Waals surface area (Å²) in [6.07, 6.45) is 2.44. The summed E-state index contributed by atoms with van der Waals surface area (Å²) in [6.45, 7) is 6.20. The third-order valence-electron chi connectivity index (χ3n) is 5.23. The molecule has 1 heterocycles. The number of nitrogens with one attached hydrogen (secondary N) is 2. The van der Waals surface area contributed by atoms with Gasteiger partial charge in [0.2, 0.25) is 15.9 Å². The minimum Gasteiger partial charge on any atom is -0.464 e. The lowest BCUT2D eigenvalue weighted by molar-refractivity contribution is -0.121. The number of rotatable bonds is 8. The first kappa shape index (κ1) is 23.5. The van der Waals surface area contributed by atoms with E-state index in [-0.39, 0.29) is 16.9 Å². The second kappa shape index (κ2) is 9.97. The fourth-order valence-electron chi connectivity index (χ4n) is 3.41. The van der Waals surface area contributed by atoms with Crippen molar-refractivity contribution in [1.29, 1.82) is 0 Å². The van der Waals surface area contributed by atoms with Gasteiger partial charge in [-0.25, -0.2) is 8.42 Å². The molecule has 0 aliphatic rings. The first-order valence-electron chi connectivity index (χ1n) is 10.5. The highest BCUT2D eigenvalue weighted by atomic mass is 32.2. The van der Waals surface area contributed by atoms with Crippen LogP contribution in [0, 0.1) is 0 Å². The van der Waals surface area contributed by atoms with E-state index in [0.717, 1.165) is 17.4 Å². The Bertz CT molecular complexity index is 1230. The normalized spacial score (nSPS) is 11.6. The van der Waals surface area contributed by atoms with Crippen LogP contribution in [0.25, 0.3) is 11.0 Å². The number of sulfonamides is 1. The molecule has 2 N–H and O–H groups in total. The number of benzene rings is 2. The van der Waals surface area contributed by atoms with Crippen LogP contribution >= 0.6 is 0 Å². The summed E-state index contributed by atoms with van der Waals surface area (Å²) in [4.78, 5) is 24.8. The number of aryl methyl sites for hydroxylation is 1. The predicted octanol–water partition coefficient (Wildman–Crippen LogP) is 3.03. The summed E-state index contributed by atoms with van der Waals surface area (Å²) >= 11 is 0. The van der Waals surface area contributed by atoms with Gasteiger partial charge in [-0.1, -0.05) is 39.0 Å². The van der Waals surface area contributed by atoms with Crippen molar-refractivity contribution in [3.63, 3.8) is 0 Å². The molecule has 0 radical (unpaired) electrons. The smallest absolute Gasteiger partial charge is 0.269 e. The van der Waals surface area contributed by atoms with Gasteiger partial charge in [0.15, 0.2) is 0 Å². The van der Waals surface area contributed by atoms with Gasteiger partial charge in [-0.2, -0.15) is 4.31 Å². The van der Waals surface area contributed by atoms with E-state index in [1.807, 2.05) is 18.2 Å². The minimum absolute atomic E-state index is 0.0229. The number of fused-ring (bicyclic) bond motifs is 1. The first-order valence-corrected chi connectivity index (χ1v) is 11.9. The summed E-state index contributed by atoms with van der Waals surface area (Å²) in [5.41, 5.74) is 7.39. The molecule has 0 spiro atoms. The van der Waals surface area contributed by atoms with Gasteiger partial charge in [0.1, 0.15) is 5.58 Å². The van der Waals surface area contributed by atoms with E-state index in [9.17, 15) is 18.0 Å². The molecule has 1 aromatic heterocycles. The van der Waals surface area contributed by atoms with Crippen LogP contribution in [0.15, 0.2) is 58.0 Å². The zero-order chi connectivity index (χ0) is 23.3. The highest BCUT2D eigenvalue weighted by Gasteiger charge is 2.22. The van der Waals surface area contributed by atoms with Crippen molar-refractivity contribution >= 4 is 32.8 Å². The Morgan fingerprint density at radius 2 is 1.75 bits per heavy atom. The molecular formula is C23H27N3O5S. The van der Waals surface area contributed by atoms with Gasteiger partial charge in [-0.3, -0.25) is 20.4 Å². The van der Waals surface area contributed by atoms with Gasteiger partial charge in [0.25, 0.3) is 5.91 Å². The number of hydrogen-bond acceptors (Lipinski definition) is 5. The number of furan rings is 1. The van der Waals surface area contributed by atoms with Gasteiger partial charge in [0, 0.05) is 29.6 Å². The first-order chi connectivity index (χ1) is 15.3. The number of carbonyl (C=O) groups is 2. The summed E-state index contributed by atoms with van der Waals surface area (Å²) in [5, 5.41) is 0.845. The number of hydrogen-bond donors (Lipinski definition) is 2. The second-order valence-electron chi connectivity index (χ2n) is 7.24. The lowest BCUT2D eigenvalue weighted by atomic mass is 10.1. The molecule has 170 valence electrons. The van der Waals surface area contributed by atoms with Crippen molar-refractivity contribution in [3.05, 3.63) is 65.4 Å². The molecule has 0 aliphatic heterocycles. The molecular weight excluding hydrogens is 430 g/mol. The average molecular weight is 458 g/mol. The van der Waals surface area contributed by atoms with Crippen molar-refractivity contribution in [2.24, 2.45) is 0 Å². The van der Waals surface area contributed by atoms with Gasteiger partial charge in [-0.05, 0) is 36.2 Å². The Hall–Kier alpha value is -3.17. The minimum atomic E-state index is -3.69. The highest BCUT2D eigenvalue weighted by Crippen LogP contribution is 2.23. The quantitative estimate of drug-likeness (QED) is 0.506. The van der Waals surface area contributed by atoms with Crippen LogP contribution in [0.4, 0.5) is 0 Å². The van der Waals surface area contributed by atoms with E-state index < -0.39 is 21.8 Å². The van der Waals surface area contributed by atoms with Crippen LogP contribution in [0.5, 0.6) is 0 Å². The molecule has 0 saturated carbocycles. The third kappa shape index (κ3) is 5.00. The van der Waals surface area contributed by atoms with Crippen molar-refractivity contribution in [2.75, 3.05) is 13.1 Å². The van der Waals surface area contributed by atoms with Crippen LogP contribution in [0.1, 0.15) is 42.3 Å². The summed E-state index contributed by atoms with van der Waals surface area (Å²) < 4.78 is 32.2. The number of hydrazine groups is 1. The van der Waals surface area contributed by atoms with Crippen molar-refractivity contribution < 1.29 is 22.4 Å². The highest BCUT2D eigenvalue weighted by molar-refractivity contribution is 7.89. The van der Waals surface area contributed by atoms with Crippen LogP contribution in [-0.2, 0) is 27.7 Å². The van der Waals surface area contributed by atoms with Crippen LogP contribution < -0.4 is 10.9 Å². The van der Waals surface area contributed by atoms with Crippen LogP contribution in [-0.4, -0.2) is 37.6 Å². The topological polar surface area (TPSA) is 109 Å². The molecule has 0 unspecified atom stereocenters. The zero-order valence-electron chi connectivity index (χ0n) is 18.3. The fourth-order valence-corrected chi connectivity index (χ4v) is 4.92. The maximum Gasteiger partial charge on any atom is 0.269 e. The Morgan fingerprint density at radius 3 is 2.44 bits per heavy atom. The van der Waals surface area contributed by atoms with Crippen molar-refractivity contribution in [1.82, 2.24) is 15.2 Å². The number of amides is 2. The van der Waals surface area contributed by atoms with Gasteiger partial charge >= 0.3 is 0 Å². The molecule has 0 aliphatic carbocycles. The number of nitrogens with zero attached hydrogens (tertiary/aromatic N) is 1. The maximum atomic E-state index is 12.7.